The number of allylic oxidation sites excluding steroid dienone is 1. The first-order valence-electron chi connectivity index (χ1n) is 6.08. The molecule has 2 fully saturated rings. The summed E-state index contributed by atoms with van der Waals surface area (Å²) in [5.74, 6) is 0. The van der Waals surface area contributed by atoms with Crippen LogP contribution in [0.5, 0.6) is 0 Å². The van der Waals surface area contributed by atoms with Crippen molar-refractivity contribution in [2.24, 2.45) is 4.99 Å². The van der Waals surface area contributed by atoms with Crippen molar-refractivity contribution >= 4 is 24.1 Å². The van der Waals surface area contributed by atoms with Crippen LogP contribution in [0, 0.1) is 0 Å². The molecule has 2 saturated heterocycles. The largest absolute Gasteiger partial charge is 0.465 e. The first-order chi connectivity index (χ1) is 8.75. The maximum Gasteiger partial charge on any atom is 0.407 e. The topological polar surface area (TPSA) is 77.0 Å². The van der Waals surface area contributed by atoms with Gasteiger partial charge in [-0.3, -0.25) is 9.89 Å². The number of nitrogens with one attached hydrogen (secondary N) is 2. The standard InChI is InChI=1S/C11H16N4O2S/c16-11(17)15-4-3-13-5-8(15)10-14-7-1-2-12-6-9(7)18-10/h1-2,8-10,13-14H,3-6H2,(H,16,17). The average molecular weight is 268 g/mol. The summed E-state index contributed by atoms with van der Waals surface area (Å²) in [6.45, 7) is 2.78. The SMILES string of the molecule is O=C(O)N1CCNCC1C1NC2=CC=NCC2S1. The molecule has 0 aromatic carbocycles. The second-order valence-corrected chi connectivity index (χ2v) is 5.92. The van der Waals surface area contributed by atoms with Crippen molar-refractivity contribution < 1.29 is 9.90 Å². The van der Waals surface area contributed by atoms with Gasteiger partial charge in [0, 0.05) is 31.5 Å². The van der Waals surface area contributed by atoms with E-state index in [1.807, 2.05) is 12.3 Å². The number of fused-ring (bicyclic) bond motifs is 1. The fourth-order valence-corrected chi connectivity index (χ4v) is 4.00. The Kier molecular flexibility index (Phi) is 3.17. The molecule has 0 aromatic rings. The molecule has 1 amide bonds. The van der Waals surface area contributed by atoms with Crippen LogP contribution < -0.4 is 10.6 Å². The maximum absolute atomic E-state index is 11.3. The molecular weight excluding hydrogens is 252 g/mol. The number of rotatable bonds is 1. The van der Waals surface area contributed by atoms with Crippen molar-refractivity contribution in [2.45, 2.75) is 16.7 Å². The fourth-order valence-electron chi connectivity index (χ4n) is 2.55. The van der Waals surface area contributed by atoms with Gasteiger partial charge in [-0.25, -0.2) is 4.79 Å². The van der Waals surface area contributed by atoms with Crippen molar-refractivity contribution in [3.8, 4) is 0 Å². The zero-order valence-electron chi connectivity index (χ0n) is 9.87. The summed E-state index contributed by atoms with van der Waals surface area (Å²) in [7, 11) is 0. The lowest BCUT2D eigenvalue weighted by atomic mass is 10.2. The lowest BCUT2D eigenvalue weighted by molar-refractivity contribution is 0.109. The van der Waals surface area contributed by atoms with Crippen molar-refractivity contribution in [1.29, 1.82) is 0 Å². The van der Waals surface area contributed by atoms with Gasteiger partial charge in [0.15, 0.2) is 0 Å². The first-order valence-corrected chi connectivity index (χ1v) is 7.02. The van der Waals surface area contributed by atoms with E-state index >= 15 is 0 Å². The molecule has 3 N–H and O–H groups in total. The number of thioether (sulfide) groups is 1. The van der Waals surface area contributed by atoms with Crippen molar-refractivity contribution in [1.82, 2.24) is 15.5 Å². The van der Waals surface area contributed by atoms with Crippen LogP contribution in [0.15, 0.2) is 16.8 Å². The number of amides is 1. The monoisotopic (exact) mass is 268 g/mol. The highest BCUT2D eigenvalue weighted by Gasteiger charge is 2.40. The van der Waals surface area contributed by atoms with Crippen molar-refractivity contribution in [2.75, 3.05) is 26.2 Å². The summed E-state index contributed by atoms with van der Waals surface area (Å²) in [6.07, 6.45) is 2.97. The molecule has 3 aliphatic rings. The van der Waals surface area contributed by atoms with Gasteiger partial charge < -0.3 is 15.7 Å². The number of dihydropyridines is 1. The minimum absolute atomic E-state index is 0.0206. The van der Waals surface area contributed by atoms with E-state index in [-0.39, 0.29) is 11.4 Å². The highest BCUT2D eigenvalue weighted by atomic mass is 32.2. The molecule has 3 unspecified atom stereocenters. The Balaban J connectivity index is 1.73. The minimum atomic E-state index is -0.830. The Labute approximate surface area is 110 Å². The Morgan fingerprint density at radius 3 is 3.28 bits per heavy atom. The van der Waals surface area contributed by atoms with Crippen LogP contribution in [0.3, 0.4) is 0 Å². The van der Waals surface area contributed by atoms with E-state index in [2.05, 4.69) is 15.6 Å². The van der Waals surface area contributed by atoms with Crippen LogP contribution in [-0.2, 0) is 0 Å². The van der Waals surface area contributed by atoms with Crippen LogP contribution in [0.4, 0.5) is 4.79 Å². The zero-order valence-corrected chi connectivity index (χ0v) is 10.7. The smallest absolute Gasteiger partial charge is 0.407 e. The number of hydrogen-bond acceptors (Lipinski definition) is 5. The average Bonchev–Trinajstić information content (AvgIpc) is 2.82. The summed E-state index contributed by atoms with van der Waals surface area (Å²) in [6, 6.07) is -0.0206. The van der Waals surface area contributed by atoms with Crippen LogP contribution in [0.1, 0.15) is 0 Å². The Hall–Kier alpha value is -1.21. The van der Waals surface area contributed by atoms with E-state index in [9.17, 15) is 9.90 Å². The molecule has 3 atom stereocenters. The van der Waals surface area contributed by atoms with E-state index in [0.29, 0.717) is 18.3 Å². The first kappa shape index (κ1) is 11.9. The van der Waals surface area contributed by atoms with Crippen LogP contribution in [0.2, 0.25) is 0 Å². The molecule has 7 heteroatoms. The van der Waals surface area contributed by atoms with Gasteiger partial charge in [0.2, 0.25) is 0 Å². The third kappa shape index (κ3) is 2.08. The van der Waals surface area contributed by atoms with Crippen LogP contribution >= 0.6 is 11.8 Å². The third-order valence-electron chi connectivity index (χ3n) is 3.48. The number of carbonyl (C=O) groups is 1. The summed E-state index contributed by atoms with van der Waals surface area (Å²) >= 11 is 1.78. The minimum Gasteiger partial charge on any atom is -0.465 e. The number of piperazine rings is 1. The van der Waals surface area contributed by atoms with Crippen molar-refractivity contribution in [3.05, 3.63) is 11.8 Å². The summed E-state index contributed by atoms with van der Waals surface area (Å²) in [5, 5.41) is 16.4. The zero-order chi connectivity index (χ0) is 12.5. The summed E-state index contributed by atoms with van der Waals surface area (Å²) < 4.78 is 0. The molecule has 0 aromatic heterocycles. The quantitative estimate of drug-likeness (QED) is 0.621. The molecule has 3 heterocycles. The molecular formula is C11H16N4O2S. The van der Waals surface area contributed by atoms with E-state index in [0.717, 1.165) is 13.1 Å². The molecule has 98 valence electrons. The van der Waals surface area contributed by atoms with E-state index in [1.165, 1.54) is 5.70 Å². The Morgan fingerprint density at radius 2 is 2.50 bits per heavy atom. The van der Waals surface area contributed by atoms with Crippen molar-refractivity contribution in [3.63, 3.8) is 0 Å². The second-order valence-electron chi connectivity index (χ2n) is 4.57. The molecule has 18 heavy (non-hydrogen) atoms. The highest BCUT2D eigenvalue weighted by Crippen LogP contribution is 2.34. The van der Waals surface area contributed by atoms with Gasteiger partial charge in [-0.05, 0) is 6.08 Å². The number of hydrogen-bond donors (Lipinski definition) is 3. The van der Waals surface area contributed by atoms with Gasteiger partial charge in [0.05, 0.1) is 23.2 Å². The van der Waals surface area contributed by atoms with Gasteiger partial charge in [-0.1, -0.05) is 0 Å². The van der Waals surface area contributed by atoms with Crippen LogP contribution in [-0.4, -0.2) is 65.2 Å². The molecule has 3 rings (SSSR count). The molecule has 0 saturated carbocycles. The molecule has 0 radical (unpaired) electrons. The van der Waals surface area contributed by atoms with Gasteiger partial charge in [0.25, 0.3) is 0 Å². The van der Waals surface area contributed by atoms with Gasteiger partial charge in [0.1, 0.15) is 0 Å². The maximum atomic E-state index is 11.3. The summed E-state index contributed by atoms with van der Waals surface area (Å²) in [4.78, 5) is 17.0. The predicted octanol–water partition coefficient (Wildman–Crippen LogP) is -0.0624. The lowest BCUT2D eigenvalue weighted by Gasteiger charge is -2.37. The van der Waals surface area contributed by atoms with Gasteiger partial charge >= 0.3 is 6.09 Å². The van der Waals surface area contributed by atoms with Crippen LogP contribution in [0.25, 0.3) is 0 Å². The second kappa shape index (κ2) is 4.81. The lowest BCUT2D eigenvalue weighted by Crippen LogP contribution is -2.59. The Morgan fingerprint density at radius 1 is 1.61 bits per heavy atom. The number of carboxylic acid groups (broad SMARTS) is 1. The third-order valence-corrected chi connectivity index (χ3v) is 4.93. The Bertz CT molecular complexity index is 412. The highest BCUT2D eigenvalue weighted by molar-refractivity contribution is 8.01. The normalized spacial score (nSPS) is 34.8. The van der Waals surface area contributed by atoms with Gasteiger partial charge in [-0.15, -0.1) is 11.8 Å². The number of aliphatic imine (C=N–C) groups is 1. The molecule has 0 aliphatic carbocycles. The molecule has 0 spiro atoms. The molecule has 0 bridgehead atoms. The summed E-state index contributed by atoms with van der Waals surface area (Å²) in [5.41, 5.74) is 1.18. The van der Waals surface area contributed by atoms with E-state index in [1.54, 1.807) is 16.7 Å². The van der Waals surface area contributed by atoms with E-state index < -0.39 is 6.09 Å². The molecule has 3 aliphatic heterocycles. The van der Waals surface area contributed by atoms with Gasteiger partial charge in [-0.2, -0.15) is 0 Å². The van der Waals surface area contributed by atoms with E-state index in [4.69, 9.17) is 0 Å². The predicted molar refractivity (Wildman–Crippen MR) is 71.1 cm³/mol. The fraction of sp³-hybridized carbons (Fsp3) is 0.636. The number of nitrogens with zero attached hydrogens (tertiary/aromatic N) is 2. The molecule has 6 nitrogen and oxygen atoms in total.